The number of benzene rings is 1. The number of esters is 1. The predicted molar refractivity (Wildman–Crippen MR) is 86.6 cm³/mol. The number of nitrogens with two attached hydrogens (primary N) is 1. The second-order valence-electron chi connectivity index (χ2n) is 6.10. The van der Waals surface area contributed by atoms with Crippen molar-refractivity contribution in [3.63, 3.8) is 0 Å². The second-order valence-corrected chi connectivity index (χ2v) is 6.10. The largest absolute Gasteiger partial charge is 0.462 e. The van der Waals surface area contributed by atoms with E-state index in [0.29, 0.717) is 24.1 Å². The highest BCUT2D eigenvalue weighted by Gasteiger charge is 2.30. The van der Waals surface area contributed by atoms with E-state index in [-0.39, 0.29) is 5.97 Å². The minimum atomic E-state index is -0.279. The van der Waals surface area contributed by atoms with Crippen molar-refractivity contribution in [1.82, 2.24) is 0 Å². The molecule has 2 N–H and O–H groups in total. The maximum absolute atomic E-state index is 11.9. The van der Waals surface area contributed by atoms with Crippen LogP contribution < -0.4 is 10.6 Å². The molecule has 0 unspecified atom stereocenters. The molecule has 4 heteroatoms. The summed E-state index contributed by atoms with van der Waals surface area (Å²) in [6.45, 7) is 7.64. The van der Waals surface area contributed by atoms with Crippen LogP contribution in [0.1, 0.15) is 50.4 Å². The zero-order valence-corrected chi connectivity index (χ0v) is 13.3. The average Bonchev–Trinajstić information content (AvgIpc) is 3.25. The summed E-state index contributed by atoms with van der Waals surface area (Å²) < 4.78 is 5.08. The van der Waals surface area contributed by atoms with Crippen molar-refractivity contribution < 1.29 is 9.53 Å². The van der Waals surface area contributed by atoms with E-state index in [1.165, 1.54) is 12.8 Å². The number of ether oxygens (including phenoxy) is 1. The number of nitrogens with zero attached hydrogens (tertiary/aromatic N) is 1. The lowest BCUT2D eigenvalue weighted by molar-refractivity contribution is 0.0526. The summed E-state index contributed by atoms with van der Waals surface area (Å²) >= 11 is 0. The quantitative estimate of drug-likeness (QED) is 0.617. The molecule has 21 heavy (non-hydrogen) atoms. The lowest BCUT2D eigenvalue weighted by Gasteiger charge is -2.27. The van der Waals surface area contributed by atoms with Crippen LogP contribution in [-0.4, -0.2) is 25.2 Å². The van der Waals surface area contributed by atoms with Gasteiger partial charge in [0.15, 0.2) is 0 Å². The van der Waals surface area contributed by atoms with Crippen LogP contribution in [0.2, 0.25) is 0 Å². The summed E-state index contributed by atoms with van der Waals surface area (Å²) in [7, 11) is 0. The van der Waals surface area contributed by atoms with Gasteiger partial charge in [-0.1, -0.05) is 13.8 Å². The maximum atomic E-state index is 11.9. The third kappa shape index (κ3) is 4.13. The Morgan fingerprint density at radius 1 is 1.43 bits per heavy atom. The molecule has 0 aliphatic heterocycles. The van der Waals surface area contributed by atoms with Gasteiger partial charge in [-0.15, -0.1) is 0 Å². The van der Waals surface area contributed by atoms with Gasteiger partial charge in [0.25, 0.3) is 0 Å². The van der Waals surface area contributed by atoms with Crippen LogP contribution in [0.4, 0.5) is 11.4 Å². The molecule has 4 nitrogen and oxygen atoms in total. The number of carbonyl (C=O) groups is 1. The minimum Gasteiger partial charge on any atom is -0.462 e. The molecular formula is C17H26N2O2. The van der Waals surface area contributed by atoms with E-state index in [9.17, 15) is 4.79 Å². The molecule has 1 saturated carbocycles. The van der Waals surface area contributed by atoms with Gasteiger partial charge in [0, 0.05) is 12.6 Å². The maximum Gasteiger partial charge on any atom is 0.338 e. The Morgan fingerprint density at radius 3 is 2.71 bits per heavy atom. The van der Waals surface area contributed by atoms with Crippen molar-refractivity contribution in [1.29, 1.82) is 0 Å². The number of nitrogen functional groups attached to an aromatic ring is 1. The van der Waals surface area contributed by atoms with E-state index in [2.05, 4.69) is 18.7 Å². The van der Waals surface area contributed by atoms with Crippen molar-refractivity contribution in [2.45, 2.75) is 46.1 Å². The normalized spacial score (nSPS) is 14.3. The third-order valence-electron chi connectivity index (χ3n) is 3.79. The van der Waals surface area contributed by atoms with Crippen LogP contribution in [0, 0.1) is 5.92 Å². The minimum absolute atomic E-state index is 0.279. The first-order valence-corrected chi connectivity index (χ1v) is 7.86. The Bertz CT molecular complexity index is 496. The molecule has 0 atom stereocenters. The lowest BCUT2D eigenvalue weighted by atomic mass is 10.1. The van der Waals surface area contributed by atoms with Crippen molar-refractivity contribution >= 4 is 17.3 Å². The van der Waals surface area contributed by atoms with Gasteiger partial charge in [-0.3, -0.25) is 0 Å². The molecule has 1 aliphatic rings. The zero-order chi connectivity index (χ0) is 15.4. The van der Waals surface area contributed by atoms with Crippen LogP contribution in [0.15, 0.2) is 18.2 Å². The standard InChI is InChI=1S/C17H26N2O2/c1-4-21-17(20)13-5-8-15(18)16(11-13)19(14-6-7-14)10-9-12(2)3/h5,8,11-12,14H,4,6-7,9-10,18H2,1-3H3. The first-order valence-electron chi connectivity index (χ1n) is 7.86. The van der Waals surface area contributed by atoms with Crippen LogP contribution in [-0.2, 0) is 4.74 Å². The van der Waals surface area contributed by atoms with E-state index < -0.39 is 0 Å². The molecule has 0 aromatic heterocycles. The highest BCUT2D eigenvalue weighted by Crippen LogP contribution is 2.35. The first-order chi connectivity index (χ1) is 10.0. The van der Waals surface area contributed by atoms with Crippen LogP contribution in [0.3, 0.4) is 0 Å². The van der Waals surface area contributed by atoms with Gasteiger partial charge in [0.2, 0.25) is 0 Å². The molecule has 0 amide bonds. The topological polar surface area (TPSA) is 55.6 Å². The Labute approximate surface area is 127 Å². The number of hydrogen-bond acceptors (Lipinski definition) is 4. The van der Waals surface area contributed by atoms with Gasteiger partial charge in [-0.05, 0) is 50.3 Å². The van der Waals surface area contributed by atoms with Crippen molar-refractivity contribution in [2.24, 2.45) is 5.92 Å². The summed E-state index contributed by atoms with van der Waals surface area (Å²) in [5, 5.41) is 0. The molecule has 0 spiro atoms. The Morgan fingerprint density at radius 2 is 2.14 bits per heavy atom. The summed E-state index contributed by atoms with van der Waals surface area (Å²) in [6, 6.07) is 6.01. The highest BCUT2D eigenvalue weighted by atomic mass is 16.5. The van der Waals surface area contributed by atoms with Gasteiger partial charge < -0.3 is 15.4 Å². The molecule has 1 aromatic rings. The first kappa shape index (κ1) is 15.7. The predicted octanol–water partition coefficient (Wildman–Crippen LogP) is 3.46. The molecule has 0 saturated heterocycles. The number of hydrogen-bond donors (Lipinski definition) is 1. The van der Waals surface area contributed by atoms with E-state index in [4.69, 9.17) is 10.5 Å². The SMILES string of the molecule is CCOC(=O)c1ccc(N)c(N(CCC(C)C)C2CC2)c1. The number of carbonyl (C=O) groups excluding carboxylic acids is 1. The third-order valence-corrected chi connectivity index (χ3v) is 3.79. The summed E-state index contributed by atoms with van der Waals surface area (Å²) in [6.07, 6.45) is 3.54. The monoisotopic (exact) mass is 290 g/mol. The summed E-state index contributed by atoms with van der Waals surface area (Å²) in [5.41, 5.74) is 8.43. The second kappa shape index (κ2) is 6.83. The molecule has 0 heterocycles. The van der Waals surface area contributed by atoms with E-state index in [0.717, 1.165) is 24.3 Å². The highest BCUT2D eigenvalue weighted by molar-refractivity contribution is 5.92. The fourth-order valence-electron chi connectivity index (χ4n) is 2.42. The molecule has 1 aromatic carbocycles. The smallest absolute Gasteiger partial charge is 0.338 e. The van der Waals surface area contributed by atoms with Crippen molar-refractivity contribution in [3.8, 4) is 0 Å². The number of anilines is 2. The number of rotatable bonds is 7. The lowest BCUT2D eigenvalue weighted by Crippen LogP contribution is -2.28. The Hall–Kier alpha value is -1.71. The fourth-order valence-corrected chi connectivity index (χ4v) is 2.42. The van der Waals surface area contributed by atoms with Crippen molar-refractivity contribution in [2.75, 3.05) is 23.8 Å². The Kier molecular flexibility index (Phi) is 5.10. The summed E-state index contributed by atoms with van der Waals surface area (Å²) in [4.78, 5) is 14.3. The average molecular weight is 290 g/mol. The van der Waals surface area contributed by atoms with Crippen LogP contribution >= 0.6 is 0 Å². The van der Waals surface area contributed by atoms with Crippen LogP contribution in [0.5, 0.6) is 0 Å². The molecule has 0 bridgehead atoms. The van der Waals surface area contributed by atoms with E-state index in [1.807, 2.05) is 19.1 Å². The van der Waals surface area contributed by atoms with Crippen LogP contribution in [0.25, 0.3) is 0 Å². The van der Waals surface area contributed by atoms with Gasteiger partial charge >= 0.3 is 5.97 Å². The molecular weight excluding hydrogens is 264 g/mol. The zero-order valence-electron chi connectivity index (χ0n) is 13.3. The van der Waals surface area contributed by atoms with E-state index in [1.54, 1.807) is 6.07 Å². The molecule has 1 aliphatic carbocycles. The van der Waals surface area contributed by atoms with Gasteiger partial charge in [0.1, 0.15) is 0 Å². The molecule has 0 radical (unpaired) electrons. The van der Waals surface area contributed by atoms with Gasteiger partial charge in [0.05, 0.1) is 23.5 Å². The summed E-state index contributed by atoms with van der Waals surface area (Å²) in [5.74, 6) is 0.374. The van der Waals surface area contributed by atoms with Gasteiger partial charge in [-0.25, -0.2) is 4.79 Å². The van der Waals surface area contributed by atoms with Gasteiger partial charge in [-0.2, -0.15) is 0 Å². The van der Waals surface area contributed by atoms with Crippen molar-refractivity contribution in [3.05, 3.63) is 23.8 Å². The van der Waals surface area contributed by atoms with E-state index >= 15 is 0 Å². The molecule has 1 fully saturated rings. The Balaban J connectivity index is 2.22. The fraction of sp³-hybridized carbons (Fsp3) is 0.588. The molecule has 116 valence electrons. The molecule has 2 rings (SSSR count).